The zero-order valence-corrected chi connectivity index (χ0v) is 12.2. The fourth-order valence-electron chi connectivity index (χ4n) is 2.37. The fraction of sp³-hybridized carbons (Fsp3) is 0.562. The van der Waals surface area contributed by atoms with Gasteiger partial charge in [0.1, 0.15) is 12.8 Å². The number of likely N-dealkylation sites (tertiary alicyclic amines) is 1. The van der Waals surface area contributed by atoms with Gasteiger partial charge >= 0.3 is 6.09 Å². The van der Waals surface area contributed by atoms with Crippen molar-refractivity contribution >= 4 is 6.09 Å². The molecular formula is C16H23NO3. The first-order chi connectivity index (χ1) is 9.66. The summed E-state index contributed by atoms with van der Waals surface area (Å²) >= 11 is 0. The van der Waals surface area contributed by atoms with E-state index < -0.39 is 0 Å². The van der Waals surface area contributed by atoms with E-state index in [1.807, 2.05) is 44.2 Å². The highest BCUT2D eigenvalue weighted by Crippen LogP contribution is 2.20. The van der Waals surface area contributed by atoms with Gasteiger partial charge in [-0.05, 0) is 38.7 Å². The van der Waals surface area contributed by atoms with Gasteiger partial charge in [0.15, 0.2) is 0 Å². The highest BCUT2D eigenvalue weighted by molar-refractivity contribution is 5.68. The molecule has 0 aromatic heterocycles. The van der Waals surface area contributed by atoms with Crippen LogP contribution in [-0.4, -0.2) is 29.9 Å². The van der Waals surface area contributed by atoms with Gasteiger partial charge in [0.05, 0.1) is 6.10 Å². The van der Waals surface area contributed by atoms with E-state index in [1.54, 1.807) is 4.90 Å². The van der Waals surface area contributed by atoms with Crippen LogP contribution in [0.25, 0.3) is 0 Å². The minimum atomic E-state index is -0.279. The van der Waals surface area contributed by atoms with Crippen LogP contribution in [-0.2, 0) is 16.1 Å². The standard InChI is InChI=1S/C16H23NO3/c1-13(2)20-15-10-6-7-11-17(15)16(18)19-12-14-8-4-3-5-9-14/h3-5,8-9,13,15H,6-7,10-12H2,1-2H3. The fourth-order valence-corrected chi connectivity index (χ4v) is 2.37. The number of nitrogens with zero attached hydrogens (tertiary/aromatic N) is 1. The van der Waals surface area contributed by atoms with Crippen molar-refractivity contribution in [1.82, 2.24) is 4.90 Å². The van der Waals surface area contributed by atoms with Gasteiger partial charge in [-0.2, -0.15) is 0 Å². The van der Waals surface area contributed by atoms with Crippen LogP contribution in [0, 0.1) is 0 Å². The van der Waals surface area contributed by atoms with Crippen molar-refractivity contribution in [2.75, 3.05) is 6.54 Å². The largest absolute Gasteiger partial charge is 0.444 e. The zero-order valence-electron chi connectivity index (χ0n) is 12.2. The molecule has 1 atom stereocenters. The van der Waals surface area contributed by atoms with Gasteiger partial charge in [-0.25, -0.2) is 4.79 Å². The first kappa shape index (κ1) is 14.9. The number of amides is 1. The third-order valence-electron chi connectivity index (χ3n) is 3.32. The summed E-state index contributed by atoms with van der Waals surface area (Å²) in [7, 11) is 0. The predicted molar refractivity (Wildman–Crippen MR) is 77.2 cm³/mol. The number of benzene rings is 1. The summed E-state index contributed by atoms with van der Waals surface area (Å²) < 4.78 is 11.2. The van der Waals surface area contributed by atoms with Gasteiger partial charge in [-0.15, -0.1) is 0 Å². The van der Waals surface area contributed by atoms with Crippen LogP contribution < -0.4 is 0 Å². The maximum Gasteiger partial charge on any atom is 0.412 e. The molecule has 0 N–H and O–H groups in total. The summed E-state index contributed by atoms with van der Waals surface area (Å²) in [5.41, 5.74) is 0.999. The SMILES string of the molecule is CC(C)OC1CCCCN1C(=O)OCc1ccccc1. The highest BCUT2D eigenvalue weighted by atomic mass is 16.6. The molecule has 0 aliphatic carbocycles. The molecule has 0 spiro atoms. The monoisotopic (exact) mass is 277 g/mol. The molecular weight excluding hydrogens is 254 g/mol. The van der Waals surface area contributed by atoms with Crippen LogP contribution in [0.3, 0.4) is 0 Å². The lowest BCUT2D eigenvalue weighted by Crippen LogP contribution is -2.46. The van der Waals surface area contributed by atoms with Gasteiger partial charge in [-0.3, -0.25) is 4.90 Å². The number of carbonyl (C=O) groups excluding carboxylic acids is 1. The average Bonchev–Trinajstić information content (AvgIpc) is 2.46. The molecule has 1 amide bonds. The zero-order chi connectivity index (χ0) is 14.4. The van der Waals surface area contributed by atoms with Crippen LogP contribution in [0.2, 0.25) is 0 Å². The Labute approximate surface area is 120 Å². The van der Waals surface area contributed by atoms with Gasteiger partial charge in [0, 0.05) is 6.54 Å². The molecule has 2 rings (SSSR count). The molecule has 1 aromatic rings. The van der Waals surface area contributed by atoms with Crippen molar-refractivity contribution in [3.63, 3.8) is 0 Å². The van der Waals surface area contributed by atoms with Crippen LogP contribution in [0.15, 0.2) is 30.3 Å². The molecule has 110 valence electrons. The summed E-state index contributed by atoms with van der Waals surface area (Å²) in [5, 5.41) is 0. The topological polar surface area (TPSA) is 38.8 Å². The van der Waals surface area contributed by atoms with Gasteiger partial charge in [0.25, 0.3) is 0 Å². The van der Waals surface area contributed by atoms with Crippen molar-refractivity contribution in [2.45, 2.75) is 52.0 Å². The molecule has 0 radical (unpaired) electrons. The second-order valence-corrected chi connectivity index (χ2v) is 5.37. The lowest BCUT2D eigenvalue weighted by atomic mass is 10.1. The highest BCUT2D eigenvalue weighted by Gasteiger charge is 2.29. The number of rotatable bonds is 4. The molecule has 1 fully saturated rings. The molecule has 4 heteroatoms. The Morgan fingerprint density at radius 2 is 2.05 bits per heavy atom. The number of piperidine rings is 1. The lowest BCUT2D eigenvalue weighted by molar-refractivity contribution is -0.0966. The third-order valence-corrected chi connectivity index (χ3v) is 3.32. The minimum absolute atomic E-state index is 0.113. The Hall–Kier alpha value is -1.55. The van der Waals surface area contributed by atoms with Crippen LogP contribution in [0.4, 0.5) is 4.79 Å². The molecule has 0 saturated carbocycles. The maximum absolute atomic E-state index is 12.2. The summed E-state index contributed by atoms with van der Waals surface area (Å²) in [5.74, 6) is 0. The lowest BCUT2D eigenvalue weighted by Gasteiger charge is -2.35. The van der Waals surface area contributed by atoms with Crippen LogP contribution >= 0.6 is 0 Å². The van der Waals surface area contributed by atoms with E-state index in [4.69, 9.17) is 9.47 Å². The van der Waals surface area contributed by atoms with E-state index in [0.717, 1.165) is 24.8 Å². The van der Waals surface area contributed by atoms with Crippen molar-refractivity contribution in [1.29, 1.82) is 0 Å². The van der Waals surface area contributed by atoms with Crippen molar-refractivity contribution in [3.8, 4) is 0 Å². The van der Waals surface area contributed by atoms with E-state index in [9.17, 15) is 4.79 Å². The molecule has 0 bridgehead atoms. The van der Waals surface area contributed by atoms with E-state index in [-0.39, 0.29) is 18.4 Å². The summed E-state index contributed by atoms with van der Waals surface area (Å²) in [4.78, 5) is 13.9. The predicted octanol–water partition coefficient (Wildman–Crippen LogP) is 3.56. The summed E-state index contributed by atoms with van der Waals surface area (Å²) in [6.45, 7) is 5.00. The van der Waals surface area contributed by atoms with Crippen LogP contribution in [0.5, 0.6) is 0 Å². The maximum atomic E-state index is 12.2. The first-order valence-electron chi connectivity index (χ1n) is 7.29. The molecule has 1 aliphatic rings. The Morgan fingerprint density at radius 3 is 2.75 bits per heavy atom. The Bertz CT molecular complexity index is 419. The molecule has 1 heterocycles. The Kier molecular flexibility index (Phi) is 5.41. The van der Waals surface area contributed by atoms with Crippen molar-refractivity contribution in [3.05, 3.63) is 35.9 Å². The second kappa shape index (κ2) is 7.29. The third kappa shape index (κ3) is 4.23. The molecule has 4 nitrogen and oxygen atoms in total. The van der Waals surface area contributed by atoms with E-state index >= 15 is 0 Å². The van der Waals surface area contributed by atoms with E-state index in [2.05, 4.69) is 0 Å². The van der Waals surface area contributed by atoms with E-state index in [1.165, 1.54) is 0 Å². The van der Waals surface area contributed by atoms with E-state index in [0.29, 0.717) is 13.2 Å². The number of hydrogen-bond acceptors (Lipinski definition) is 3. The Morgan fingerprint density at radius 1 is 1.30 bits per heavy atom. The van der Waals surface area contributed by atoms with Gasteiger partial charge < -0.3 is 9.47 Å². The summed E-state index contributed by atoms with van der Waals surface area (Å²) in [6, 6.07) is 9.73. The number of carbonyl (C=O) groups is 1. The number of hydrogen-bond donors (Lipinski definition) is 0. The molecule has 1 saturated heterocycles. The van der Waals surface area contributed by atoms with Crippen molar-refractivity contribution < 1.29 is 14.3 Å². The van der Waals surface area contributed by atoms with Crippen LogP contribution in [0.1, 0.15) is 38.7 Å². The normalized spacial score (nSPS) is 19.1. The molecule has 20 heavy (non-hydrogen) atoms. The molecule has 1 unspecified atom stereocenters. The minimum Gasteiger partial charge on any atom is -0.444 e. The smallest absolute Gasteiger partial charge is 0.412 e. The molecule has 1 aromatic carbocycles. The quantitative estimate of drug-likeness (QED) is 0.844. The second-order valence-electron chi connectivity index (χ2n) is 5.37. The van der Waals surface area contributed by atoms with Gasteiger partial charge in [0.2, 0.25) is 0 Å². The van der Waals surface area contributed by atoms with Crippen molar-refractivity contribution in [2.24, 2.45) is 0 Å². The van der Waals surface area contributed by atoms with Gasteiger partial charge in [-0.1, -0.05) is 30.3 Å². The average molecular weight is 277 g/mol. The number of ether oxygens (including phenoxy) is 2. The molecule has 1 aliphatic heterocycles. The Balaban J connectivity index is 1.89. The summed E-state index contributed by atoms with van der Waals surface area (Å²) in [6.07, 6.45) is 2.69. The first-order valence-corrected chi connectivity index (χ1v) is 7.29.